The first-order valence-electron chi connectivity index (χ1n) is 5.08. The molecule has 98 valence electrons. The largest absolute Gasteiger partial charge is 0.390 e. The minimum absolute atomic E-state index is 0. The molecule has 0 saturated heterocycles. The van der Waals surface area contributed by atoms with Gasteiger partial charge in [-0.25, -0.2) is 0 Å². The first kappa shape index (κ1) is 18.2. The highest BCUT2D eigenvalue weighted by atomic mass is 127. The Kier molecular flexibility index (Phi) is 11.3. The van der Waals surface area contributed by atoms with Crippen molar-refractivity contribution in [1.29, 1.82) is 0 Å². The monoisotopic (exact) mass is 353 g/mol. The van der Waals surface area contributed by atoms with Gasteiger partial charge in [0.25, 0.3) is 0 Å². The second-order valence-corrected chi connectivity index (χ2v) is 3.05. The third kappa shape index (κ3) is 11.9. The van der Waals surface area contributed by atoms with Crippen LogP contribution < -0.4 is 10.6 Å². The normalized spacial score (nSPS) is 11.9. The van der Waals surface area contributed by atoms with Crippen LogP contribution in [0.15, 0.2) is 4.99 Å². The van der Waals surface area contributed by atoms with Crippen LogP contribution in [0.3, 0.4) is 0 Å². The molecule has 0 aliphatic carbocycles. The second kappa shape index (κ2) is 9.98. The molecule has 16 heavy (non-hydrogen) atoms. The van der Waals surface area contributed by atoms with Gasteiger partial charge in [-0.2, -0.15) is 13.2 Å². The van der Waals surface area contributed by atoms with Crippen molar-refractivity contribution in [1.82, 2.24) is 10.6 Å². The highest BCUT2D eigenvalue weighted by molar-refractivity contribution is 14.0. The zero-order chi connectivity index (χ0) is 11.7. The standard InChI is InChI=1S/C9H18F3N3.HI/c1-3-6-14-8(13-4-2)15-7-5-9(10,11)12;/h3-7H2,1-2H3,(H2,13,14,15);1H. The summed E-state index contributed by atoms with van der Waals surface area (Å²) in [5, 5.41) is 5.51. The summed E-state index contributed by atoms with van der Waals surface area (Å²) < 4.78 is 35.5. The van der Waals surface area contributed by atoms with Crippen molar-refractivity contribution in [2.75, 3.05) is 19.6 Å². The lowest BCUT2D eigenvalue weighted by Gasteiger charge is -2.12. The lowest BCUT2D eigenvalue weighted by Crippen LogP contribution is -2.39. The van der Waals surface area contributed by atoms with Crippen molar-refractivity contribution in [3.63, 3.8) is 0 Å². The van der Waals surface area contributed by atoms with Crippen molar-refractivity contribution in [3.05, 3.63) is 0 Å². The lowest BCUT2D eigenvalue weighted by molar-refractivity contribution is -0.132. The van der Waals surface area contributed by atoms with Gasteiger partial charge in [0.15, 0.2) is 5.96 Å². The third-order valence-electron chi connectivity index (χ3n) is 1.54. The minimum Gasteiger partial charge on any atom is -0.357 e. The number of guanidine groups is 1. The van der Waals surface area contributed by atoms with E-state index in [4.69, 9.17) is 0 Å². The van der Waals surface area contributed by atoms with Crippen LogP contribution in [-0.4, -0.2) is 31.8 Å². The molecule has 0 aromatic carbocycles. The summed E-state index contributed by atoms with van der Waals surface area (Å²) in [6, 6.07) is 0. The molecular formula is C9H19F3IN3. The van der Waals surface area contributed by atoms with Crippen LogP contribution in [0.2, 0.25) is 0 Å². The van der Waals surface area contributed by atoms with E-state index in [0.717, 1.165) is 6.42 Å². The molecule has 0 atom stereocenters. The fourth-order valence-electron chi connectivity index (χ4n) is 0.888. The van der Waals surface area contributed by atoms with E-state index in [1.807, 2.05) is 13.8 Å². The quantitative estimate of drug-likeness (QED) is 0.453. The number of halogens is 4. The van der Waals surface area contributed by atoms with Gasteiger partial charge in [-0.3, -0.25) is 4.99 Å². The van der Waals surface area contributed by atoms with E-state index >= 15 is 0 Å². The number of aliphatic imine (C=N–C) groups is 1. The summed E-state index contributed by atoms with van der Waals surface area (Å²) in [4.78, 5) is 4.08. The Labute approximate surface area is 111 Å². The van der Waals surface area contributed by atoms with E-state index in [1.54, 1.807) is 0 Å². The van der Waals surface area contributed by atoms with Crippen LogP contribution in [0.4, 0.5) is 13.2 Å². The zero-order valence-electron chi connectivity index (χ0n) is 9.52. The van der Waals surface area contributed by atoms with Crippen LogP contribution >= 0.6 is 24.0 Å². The molecule has 0 unspecified atom stereocenters. The molecule has 0 aliphatic rings. The molecule has 0 fully saturated rings. The molecule has 0 saturated carbocycles. The van der Waals surface area contributed by atoms with Gasteiger partial charge in [0.05, 0.1) is 6.42 Å². The topological polar surface area (TPSA) is 36.4 Å². The van der Waals surface area contributed by atoms with E-state index in [2.05, 4.69) is 15.6 Å². The van der Waals surface area contributed by atoms with E-state index in [0.29, 0.717) is 19.0 Å². The summed E-state index contributed by atoms with van der Waals surface area (Å²) in [5.41, 5.74) is 0. The average molecular weight is 353 g/mol. The molecule has 0 aromatic rings. The Morgan fingerprint density at radius 1 is 1.19 bits per heavy atom. The zero-order valence-corrected chi connectivity index (χ0v) is 11.9. The maximum Gasteiger partial charge on any atom is 0.390 e. The van der Waals surface area contributed by atoms with Gasteiger partial charge in [-0.15, -0.1) is 24.0 Å². The maximum absolute atomic E-state index is 11.8. The van der Waals surface area contributed by atoms with Crippen molar-refractivity contribution in [2.45, 2.75) is 32.9 Å². The van der Waals surface area contributed by atoms with Crippen molar-refractivity contribution < 1.29 is 13.2 Å². The number of nitrogens with one attached hydrogen (secondary N) is 2. The second-order valence-electron chi connectivity index (χ2n) is 3.05. The predicted molar refractivity (Wildman–Crippen MR) is 70.4 cm³/mol. The molecule has 0 heterocycles. The molecule has 0 spiro atoms. The van der Waals surface area contributed by atoms with Gasteiger partial charge in [-0.05, 0) is 13.3 Å². The Hall–Kier alpha value is -0.210. The summed E-state index contributed by atoms with van der Waals surface area (Å²) >= 11 is 0. The lowest BCUT2D eigenvalue weighted by atomic mass is 10.4. The van der Waals surface area contributed by atoms with Gasteiger partial charge in [0.2, 0.25) is 0 Å². The summed E-state index contributed by atoms with van der Waals surface area (Å²) in [7, 11) is 0. The number of hydrogen-bond donors (Lipinski definition) is 2. The van der Waals surface area contributed by atoms with Gasteiger partial charge in [0, 0.05) is 19.6 Å². The van der Waals surface area contributed by atoms with Crippen LogP contribution in [0.5, 0.6) is 0 Å². The minimum atomic E-state index is -4.12. The number of alkyl halides is 3. The van der Waals surface area contributed by atoms with Crippen LogP contribution in [0, 0.1) is 0 Å². The SMILES string of the molecule is CCCN=C(NCC)NCCC(F)(F)F.I. The highest BCUT2D eigenvalue weighted by Crippen LogP contribution is 2.17. The molecule has 0 aromatic heterocycles. The highest BCUT2D eigenvalue weighted by Gasteiger charge is 2.26. The number of rotatable bonds is 5. The Balaban J connectivity index is 0. The molecule has 0 radical (unpaired) electrons. The molecule has 0 amide bonds. The van der Waals surface area contributed by atoms with Crippen molar-refractivity contribution >= 4 is 29.9 Å². The van der Waals surface area contributed by atoms with Crippen molar-refractivity contribution in [2.24, 2.45) is 4.99 Å². The fourth-order valence-corrected chi connectivity index (χ4v) is 0.888. The van der Waals surface area contributed by atoms with E-state index < -0.39 is 12.6 Å². The average Bonchev–Trinajstić information content (AvgIpc) is 2.12. The van der Waals surface area contributed by atoms with Gasteiger partial charge in [-0.1, -0.05) is 6.92 Å². The summed E-state index contributed by atoms with van der Waals surface area (Å²) in [6.45, 7) is 4.94. The maximum atomic E-state index is 11.8. The molecule has 0 rings (SSSR count). The first-order chi connectivity index (χ1) is 6.99. The van der Waals surface area contributed by atoms with E-state index in [-0.39, 0.29) is 30.5 Å². The Morgan fingerprint density at radius 2 is 1.81 bits per heavy atom. The van der Waals surface area contributed by atoms with E-state index in [1.165, 1.54) is 0 Å². The molecule has 0 aliphatic heterocycles. The van der Waals surface area contributed by atoms with Gasteiger partial charge in [0.1, 0.15) is 0 Å². The molecule has 2 N–H and O–H groups in total. The molecule has 3 nitrogen and oxygen atoms in total. The molecular weight excluding hydrogens is 334 g/mol. The molecule has 7 heteroatoms. The third-order valence-corrected chi connectivity index (χ3v) is 1.54. The first-order valence-corrected chi connectivity index (χ1v) is 5.08. The van der Waals surface area contributed by atoms with Gasteiger partial charge >= 0.3 is 6.18 Å². The Morgan fingerprint density at radius 3 is 2.25 bits per heavy atom. The predicted octanol–water partition coefficient (Wildman–Crippen LogP) is 2.52. The summed E-state index contributed by atoms with van der Waals surface area (Å²) in [5.74, 6) is 0.448. The van der Waals surface area contributed by atoms with Gasteiger partial charge < -0.3 is 10.6 Å². The van der Waals surface area contributed by atoms with Crippen LogP contribution in [0.1, 0.15) is 26.7 Å². The van der Waals surface area contributed by atoms with Crippen LogP contribution in [0.25, 0.3) is 0 Å². The summed E-state index contributed by atoms with van der Waals surface area (Å²) in [6.07, 6.45) is -4.09. The van der Waals surface area contributed by atoms with E-state index in [9.17, 15) is 13.2 Å². The van der Waals surface area contributed by atoms with Crippen LogP contribution in [-0.2, 0) is 0 Å². The fraction of sp³-hybridized carbons (Fsp3) is 0.889. The Bertz CT molecular complexity index is 195. The molecule has 0 bridgehead atoms. The smallest absolute Gasteiger partial charge is 0.357 e. The number of hydrogen-bond acceptors (Lipinski definition) is 1. The number of nitrogens with zero attached hydrogens (tertiary/aromatic N) is 1. The van der Waals surface area contributed by atoms with Crippen molar-refractivity contribution in [3.8, 4) is 0 Å².